The lowest BCUT2D eigenvalue weighted by atomic mass is 10.2. The van der Waals surface area contributed by atoms with Crippen LogP contribution in [0.25, 0.3) is 0 Å². The molecular weight excluding hydrogens is 246 g/mol. The lowest BCUT2D eigenvalue weighted by Crippen LogP contribution is -2.22. The highest BCUT2D eigenvalue weighted by atomic mass is 15.1. The van der Waals surface area contributed by atoms with Crippen molar-refractivity contribution in [1.82, 2.24) is 9.88 Å². The minimum absolute atomic E-state index is 0.808. The number of rotatable bonds is 7. The van der Waals surface area contributed by atoms with Gasteiger partial charge in [-0.25, -0.2) is 0 Å². The quantitative estimate of drug-likeness (QED) is 0.833. The monoisotopic (exact) mass is 269 g/mol. The molecule has 0 bridgehead atoms. The molecule has 3 nitrogen and oxygen atoms in total. The van der Waals surface area contributed by atoms with E-state index in [1.165, 1.54) is 16.8 Å². The largest absolute Gasteiger partial charge is 0.381 e. The van der Waals surface area contributed by atoms with Crippen molar-refractivity contribution in [2.24, 2.45) is 0 Å². The van der Waals surface area contributed by atoms with Gasteiger partial charge in [0.2, 0.25) is 0 Å². The Bertz CT molecular complexity index is 507. The van der Waals surface area contributed by atoms with Gasteiger partial charge in [0.25, 0.3) is 0 Å². The first-order chi connectivity index (χ1) is 9.81. The molecule has 0 aliphatic heterocycles. The molecule has 3 heteroatoms. The molecule has 106 valence electrons. The third-order valence-corrected chi connectivity index (χ3v) is 3.45. The van der Waals surface area contributed by atoms with Crippen LogP contribution in [-0.4, -0.2) is 23.0 Å². The summed E-state index contributed by atoms with van der Waals surface area (Å²) in [5.74, 6) is 0. The number of pyridine rings is 1. The third-order valence-electron chi connectivity index (χ3n) is 3.45. The standard InChI is InChI=1S/C17H23N3/c1-3-20(4-2)14-15-7-5-9-17(11-15)19-13-16-8-6-10-18-12-16/h5-12,19H,3-4,13-14H2,1-2H3. The van der Waals surface area contributed by atoms with Gasteiger partial charge in [-0.05, 0) is 42.4 Å². The van der Waals surface area contributed by atoms with Crippen molar-refractivity contribution in [3.8, 4) is 0 Å². The zero-order valence-electron chi connectivity index (χ0n) is 12.3. The van der Waals surface area contributed by atoms with Crippen LogP contribution in [0.15, 0.2) is 48.8 Å². The van der Waals surface area contributed by atoms with E-state index in [-0.39, 0.29) is 0 Å². The molecule has 0 atom stereocenters. The molecule has 2 aromatic rings. The van der Waals surface area contributed by atoms with Gasteiger partial charge in [-0.15, -0.1) is 0 Å². The van der Waals surface area contributed by atoms with Crippen LogP contribution in [0.5, 0.6) is 0 Å². The summed E-state index contributed by atoms with van der Waals surface area (Å²) >= 11 is 0. The molecular formula is C17H23N3. The van der Waals surface area contributed by atoms with E-state index in [1.807, 2.05) is 12.3 Å². The molecule has 0 aliphatic rings. The van der Waals surface area contributed by atoms with Gasteiger partial charge in [0.1, 0.15) is 0 Å². The van der Waals surface area contributed by atoms with Crippen molar-refractivity contribution in [2.45, 2.75) is 26.9 Å². The van der Waals surface area contributed by atoms with Crippen molar-refractivity contribution < 1.29 is 0 Å². The summed E-state index contributed by atoms with van der Waals surface area (Å²) in [6.45, 7) is 8.40. The van der Waals surface area contributed by atoms with Gasteiger partial charge in [0, 0.05) is 31.2 Å². The van der Waals surface area contributed by atoms with Gasteiger partial charge in [-0.2, -0.15) is 0 Å². The highest BCUT2D eigenvalue weighted by Gasteiger charge is 2.02. The van der Waals surface area contributed by atoms with E-state index in [2.05, 4.69) is 59.4 Å². The number of benzene rings is 1. The second kappa shape index (κ2) is 7.65. The van der Waals surface area contributed by atoms with E-state index in [0.717, 1.165) is 26.2 Å². The number of hydrogen-bond acceptors (Lipinski definition) is 3. The first-order valence-corrected chi connectivity index (χ1v) is 7.26. The van der Waals surface area contributed by atoms with Crippen LogP contribution in [0.4, 0.5) is 5.69 Å². The van der Waals surface area contributed by atoms with Gasteiger partial charge >= 0.3 is 0 Å². The van der Waals surface area contributed by atoms with Crippen LogP contribution in [0.3, 0.4) is 0 Å². The van der Waals surface area contributed by atoms with Gasteiger partial charge in [-0.3, -0.25) is 9.88 Å². The van der Waals surface area contributed by atoms with Crippen molar-refractivity contribution in [3.05, 3.63) is 59.9 Å². The van der Waals surface area contributed by atoms with Crippen LogP contribution < -0.4 is 5.32 Å². The molecule has 1 N–H and O–H groups in total. The fourth-order valence-electron chi connectivity index (χ4n) is 2.19. The number of hydrogen-bond donors (Lipinski definition) is 1. The lowest BCUT2D eigenvalue weighted by Gasteiger charge is -2.18. The molecule has 0 amide bonds. The van der Waals surface area contributed by atoms with E-state index in [9.17, 15) is 0 Å². The molecule has 0 aliphatic carbocycles. The zero-order chi connectivity index (χ0) is 14.2. The average Bonchev–Trinajstić information content (AvgIpc) is 2.52. The van der Waals surface area contributed by atoms with Crippen LogP contribution in [0, 0.1) is 0 Å². The second-order valence-electron chi connectivity index (χ2n) is 4.88. The molecule has 0 spiro atoms. The van der Waals surface area contributed by atoms with E-state index in [0.29, 0.717) is 0 Å². The predicted molar refractivity (Wildman–Crippen MR) is 84.6 cm³/mol. The predicted octanol–water partition coefficient (Wildman–Crippen LogP) is 3.54. The van der Waals surface area contributed by atoms with Crippen LogP contribution in [0.1, 0.15) is 25.0 Å². The molecule has 0 radical (unpaired) electrons. The minimum atomic E-state index is 0.808. The summed E-state index contributed by atoms with van der Waals surface area (Å²) in [7, 11) is 0. The number of nitrogens with one attached hydrogen (secondary N) is 1. The Hall–Kier alpha value is -1.87. The smallest absolute Gasteiger partial charge is 0.0416 e. The number of nitrogens with zero attached hydrogens (tertiary/aromatic N) is 2. The van der Waals surface area contributed by atoms with E-state index in [4.69, 9.17) is 0 Å². The van der Waals surface area contributed by atoms with Gasteiger partial charge in [0.05, 0.1) is 0 Å². The Morgan fingerprint density at radius 1 is 1.05 bits per heavy atom. The summed E-state index contributed by atoms with van der Waals surface area (Å²) < 4.78 is 0. The average molecular weight is 269 g/mol. The zero-order valence-corrected chi connectivity index (χ0v) is 12.3. The fourth-order valence-corrected chi connectivity index (χ4v) is 2.19. The molecule has 1 aromatic carbocycles. The summed E-state index contributed by atoms with van der Waals surface area (Å²) in [6, 6.07) is 12.7. The molecule has 1 aromatic heterocycles. The molecule has 0 unspecified atom stereocenters. The Balaban J connectivity index is 1.95. The van der Waals surface area contributed by atoms with Crippen molar-refractivity contribution in [2.75, 3.05) is 18.4 Å². The van der Waals surface area contributed by atoms with Gasteiger partial charge in [-0.1, -0.05) is 32.0 Å². The molecule has 0 saturated carbocycles. The molecule has 2 rings (SSSR count). The maximum atomic E-state index is 4.13. The Kier molecular flexibility index (Phi) is 5.56. The summed E-state index contributed by atoms with van der Waals surface area (Å²) in [6.07, 6.45) is 3.70. The molecule has 0 fully saturated rings. The summed E-state index contributed by atoms with van der Waals surface area (Å²) in [5.41, 5.74) is 3.71. The first-order valence-electron chi connectivity index (χ1n) is 7.26. The van der Waals surface area contributed by atoms with Gasteiger partial charge in [0.15, 0.2) is 0 Å². The fraction of sp³-hybridized carbons (Fsp3) is 0.353. The van der Waals surface area contributed by atoms with E-state index in [1.54, 1.807) is 6.20 Å². The van der Waals surface area contributed by atoms with Crippen LogP contribution >= 0.6 is 0 Å². The van der Waals surface area contributed by atoms with E-state index >= 15 is 0 Å². The van der Waals surface area contributed by atoms with E-state index < -0.39 is 0 Å². The molecule has 1 heterocycles. The first kappa shape index (κ1) is 14.5. The maximum absolute atomic E-state index is 4.13. The number of anilines is 1. The van der Waals surface area contributed by atoms with Crippen molar-refractivity contribution in [3.63, 3.8) is 0 Å². The van der Waals surface area contributed by atoms with Crippen LogP contribution in [0.2, 0.25) is 0 Å². The molecule has 20 heavy (non-hydrogen) atoms. The summed E-state index contributed by atoms with van der Waals surface area (Å²) in [5, 5.41) is 3.45. The minimum Gasteiger partial charge on any atom is -0.381 e. The van der Waals surface area contributed by atoms with Crippen LogP contribution in [-0.2, 0) is 13.1 Å². The number of aromatic nitrogens is 1. The lowest BCUT2D eigenvalue weighted by molar-refractivity contribution is 0.296. The molecule has 0 saturated heterocycles. The highest BCUT2D eigenvalue weighted by Crippen LogP contribution is 2.13. The normalized spacial score (nSPS) is 10.8. The maximum Gasteiger partial charge on any atom is 0.0416 e. The summed E-state index contributed by atoms with van der Waals surface area (Å²) in [4.78, 5) is 6.55. The topological polar surface area (TPSA) is 28.2 Å². The van der Waals surface area contributed by atoms with Gasteiger partial charge < -0.3 is 5.32 Å². The third kappa shape index (κ3) is 4.35. The Morgan fingerprint density at radius 3 is 2.55 bits per heavy atom. The second-order valence-corrected chi connectivity index (χ2v) is 4.88. The van der Waals surface area contributed by atoms with Crippen molar-refractivity contribution in [1.29, 1.82) is 0 Å². The SMILES string of the molecule is CCN(CC)Cc1cccc(NCc2cccnc2)c1. The Labute approximate surface area is 121 Å². The highest BCUT2D eigenvalue weighted by molar-refractivity contribution is 5.46. The Morgan fingerprint density at radius 2 is 1.85 bits per heavy atom. The van der Waals surface area contributed by atoms with Crippen molar-refractivity contribution >= 4 is 5.69 Å².